The van der Waals surface area contributed by atoms with Gasteiger partial charge in [0, 0.05) is 6.42 Å². The van der Waals surface area contributed by atoms with Crippen molar-refractivity contribution in [2.75, 3.05) is 0 Å². The number of nitrogens with two attached hydrogens (primary N) is 1. The summed E-state index contributed by atoms with van der Waals surface area (Å²) in [6, 6.07) is 12.6. The molecule has 3 rings (SSSR count). The number of fused-ring (bicyclic) bond motifs is 1. The maximum atomic E-state index is 6.54. The minimum atomic E-state index is -0.108. The van der Waals surface area contributed by atoms with Crippen molar-refractivity contribution in [3.63, 3.8) is 0 Å². The highest BCUT2D eigenvalue weighted by molar-refractivity contribution is 5.47. The van der Waals surface area contributed by atoms with Crippen molar-refractivity contribution in [1.82, 2.24) is 0 Å². The lowest BCUT2D eigenvalue weighted by atomic mass is 9.90. The molecule has 0 radical (unpaired) electrons. The highest BCUT2D eigenvalue weighted by Gasteiger charge is 2.30. The lowest BCUT2D eigenvalue weighted by Gasteiger charge is -2.18. The van der Waals surface area contributed by atoms with Gasteiger partial charge in [-0.05, 0) is 61.6 Å². The maximum absolute atomic E-state index is 6.54. The zero-order valence-electron chi connectivity index (χ0n) is 13.2. The van der Waals surface area contributed by atoms with E-state index < -0.39 is 0 Å². The lowest BCUT2D eigenvalue weighted by molar-refractivity contribution is 0.138. The number of hydrogen-bond donors (Lipinski definition) is 1. The van der Waals surface area contributed by atoms with Gasteiger partial charge in [-0.2, -0.15) is 0 Å². The molecule has 21 heavy (non-hydrogen) atoms. The predicted octanol–water partition coefficient (Wildman–Crippen LogP) is 4.07. The topological polar surface area (TPSA) is 35.2 Å². The Morgan fingerprint density at radius 3 is 2.43 bits per heavy atom. The molecule has 0 saturated carbocycles. The van der Waals surface area contributed by atoms with E-state index in [1.165, 1.54) is 22.3 Å². The number of ether oxygens (including phenoxy) is 1. The average molecular weight is 281 g/mol. The second-order valence-corrected chi connectivity index (χ2v) is 6.69. The monoisotopic (exact) mass is 281 g/mol. The summed E-state index contributed by atoms with van der Waals surface area (Å²) in [6.07, 6.45) is 0.940. The Bertz CT molecular complexity index is 668. The highest BCUT2D eigenvalue weighted by Crippen LogP contribution is 2.37. The summed E-state index contributed by atoms with van der Waals surface area (Å²) >= 11 is 0. The molecular weight excluding hydrogens is 258 g/mol. The van der Waals surface area contributed by atoms with Gasteiger partial charge in [0.05, 0.1) is 6.04 Å². The van der Waals surface area contributed by atoms with Crippen LogP contribution in [0.15, 0.2) is 36.4 Å². The summed E-state index contributed by atoms with van der Waals surface area (Å²) < 4.78 is 5.94. The minimum Gasteiger partial charge on any atom is -0.487 e. The van der Waals surface area contributed by atoms with E-state index in [1.807, 2.05) is 0 Å². The fourth-order valence-electron chi connectivity index (χ4n) is 3.31. The third-order valence-electron chi connectivity index (χ3n) is 4.30. The first-order valence-corrected chi connectivity index (χ1v) is 7.51. The Morgan fingerprint density at radius 2 is 1.76 bits per heavy atom. The van der Waals surface area contributed by atoms with E-state index in [0.29, 0.717) is 0 Å². The molecule has 1 unspecified atom stereocenters. The summed E-state index contributed by atoms with van der Waals surface area (Å²) in [4.78, 5) is 0. The van der Waals surface area contributed by atoms with Crippen LogP contribution in [-0.4, -0.2) is 5.60 Å². The third-order valence-corrected chi connectivity index (χ3v) is 4.30. The molecule has 110 valence electrons. The highest BCUT2D eigenvalue weighted by atomic mass is 16.5. The molecule has 2 aromatic rings. The van der Waals surface area contributed by atoms with Crippen LogP contribution in [0, 0.1) is 13.8 Å². The van der Waals surface area contributed by atoms with Gasteiger partial charge in [-0.1, -0.05) is 30.3 Å². The van der Waals surface area contributed by atoms with Crippen molar-refractivity contribution in [2.45, 2.75) is 45.8 Å². The molecular formula is C19H23NO. The molecule has 0 saturated heterocycles. The zero-order valence-corrected chi connectivity index (χ0v) is 13.2. The molecule has 0 spiro atoms. The number of rotatable bonds is 2. The lowest BCUT2D eigenvalue weighted by Crippen LogP contribution is -2.24. The van der Waals surface area contributed by atoms with Crippen LogP contribution in [0.3, 0.4) is 0 Å². The standard InChI is InChI=1S/C19H23NO/c1-12-6-5-7-13(2)17(12)18(20)14-8-9-16-15(10-14)11-19(3,4)21-16/h5-10,18H,11,20H2,1-4H3. The summed E-state index contributed by atoms with van der Waals surface area (Å²) in [5.41, 5.74) is 12.6. The van der Waals surface area contributed by atoms with E-state index >= 15 is 0 Å². The molecule has 1 aliphatic heterocycles. The summed E-state index contributed by atoms with van der Waals surface area (Å²) in [6.45, 7) is 8.50. The van der Waals surface area contributed by atoms with Gasteiger partial charge in [-0.25, -0.2) is 0 Å². The van der Waals surface area contributed by atoms with Crippen LogP contribution < -0.4 is 10.5 Å². The van der Waals surface area contributed by atoms with E-state index in [4.69, 9.17) is 10.5 Å². The molecule has 2 heteroatoms. The largest absolute Gasteiger partial charge is 0.487 e. The number of benzene rings is 2. The molecule has 0 amide bonds. The van der Waals surface area contributed by atoms with E-state index in [9.17, 15) is 0 Å². The van der Waals surface area contributed by atoms with Crippen LogP contribution in [0.2, 0.25) is 0 Å². The van der Waals surface area contributed by atoms with E-state index in [2.05, 4.69) is 64.1 Å². The summed E-state index contributed by atoms with van der Waals surface area (Å²) in [7, 11) is 0. The average Bonchev–Trinajstić information content (AvgIpc) is 2.70. The molecule has 0 aromatic heterocycles. The molecule has 0 bridgehead atoms. The van der Waals surface area contributed by atoms with Gasteiger partial charge >= 0.3 is 0 Å². The Labute approximate surface area is 126 Å². The molecule has 0 fully saturated rings. The first-order valence-electron chi connectivity index (χ1n) is 7.51. The van der Waals surface area contributed by atoms with Crippen molar-refractivity contribution in [2.24, 2.45) is 5.73 Å². The quantitative estimate of drug-likeness (QED) is 0.900. The smallest absolute Gasteiger partial charge is 0.123 e. The Hall–Kier alpha value is -1.80. The van der Waals surface area contributed by atoms with E-state index in [0.717, 1.165) is 17.7 Å². The van der Waals surface area contributed by atoms with Crippen LogP contribution in [0.5, 0.6) is 5.75 Å². The third kappa shape index (κ3) is 2.56. The molecule has 2 nitrogen and oxygen atoms in total. The van der Waals surface area contributed by atoms with Crippen molar-refractivity contribution in [3.8, 4) is 5.75 Å². The summed E-state index contributed by atoms with van der Waals surface area (Å²) in [5.74, 6) is 0.998. The van der Waals surface area contributed by atoms with Gasteiger partial charge in [0.2, 0.25) is 0 Å². The molecule has 0 aliphatic carbocycles. The van der Waals surface area contributed by atoms with Gasteiger partial charge in [0.15, 0.2) is 0 Å². The predicted molar refractivity (Wildman–Crippen MR) is 86.8 cm³/mol. The number of hydrogen-bond acceptors (Lipinski definition) is 2. The Balaban J connectivity index is 1.99. The molecule has 1 heterocycles. The second-order valence-electron chi connectivity index (χ2n) is 6.69. The van der Waals surface area contributed by atoms with Crippen molar-refractivity contribution in [1.29, 1.82) is 0 Å². The Morgan fingerprint density at radius 1 is 1.10 bits per heavy atom. The first-order chi connectivity index (χ1) is 9.87. The Kier molecular flexibility index (Phi) is 3.29. The van der Waals surface area contributed by atoms with Gasteiger partial charge in [0.25, 0.3) is 0 Å². The van der Waals surface area contributed by atoms with E-state index in [-0.39, 0.29) is 11.6 Å². The van der Waals surface area contributed by atoms with Gasteiger partial charge in [-0.15, -0.1) is 0 Å². The summed E-state index contributed by atoms with van der Waals surface area (Å²) in [5, 5.41) is 0. The van der Waals surface area contributed by atoms with Crippen LogP contribution >= 0.6 is 0 Å². The van der Waals surface area contributed by atoms with Gasteiger partial charge in [-0.3, -0.25) is 0 Å². The molecule has 2 aromatic carbocycles. The first kappa shape index (κ1) is 14.2. The molecule has 1 aliphatic rings. The van der Waals surface area contributed by atoms with Crippen LogP contribution in [0.1, 0.15) is 47.7 Å². The normalized spacial score (nSPS) is 17.2. The maximum Gasteiger partial charge on any atom is 0.123 e. The molecule has 2 N–H and O–H groups in total. The van der Waals surface area contributed by atoms with Gasteiger partial charge < -0.3 is 10.5 Å². The van der Waals surface area contributed by atoms with Crippen molar-refractivity contribution < 1.29 is 4.74 Å². The van der Waals surface area contributed by atoms with Crippen LogP contribution in [-0.2, 0) is 6.42 Å². The van der Waals surface area contributed by atoms with Crippen LogP contribution in [0.25, 0.3) is 0 Å². The van der Waals surface area contributed by atoms with E-state index in [1.54, 1.807) is 0 Å². The molecule has 1 atom stereocenters. The zero-order chi connectivity index (χ0) is 15.2. The minimum absolute atomic E-state index is 0.0831. The fourth-order valence-corrected chi connectivity index (χ4v) is 3.31. The van der Waals surface area contributed by atoms with Crippen molar-refractivity contribution in [3.05, 3.63) is 64.2 Å². The van der Waals surface area contributed by atoms with Gasteiger partial charge in [0.1, 0.15) is 11.4 Å². The van der Waals surface area contributed by atoms with Crippen molar-refractivity contribution >= 4 is 0 Å². The SMILES string of the molecule is Cc1cccc(C)c1C(N)c1ccc2c(c1)CC(C)(C)O2. The van der Waals surface area contributed by atoms with Crippen LogP contribution in [0.4, 0.5) is 0 Å². The number of aryl methyl sites for hydroxylation is 2. The fraction of sp³-hybridized carbons (Fsp3) is 0.368. The second kappa shape index (κ2) is 4.88.